The number of aryl methyl sites for hydroxylation is 3. The average Bonchev–Trinajstić information content (AvgIpc) is 3.78. The Morgan fingerprint density at radius 2 is 1.15 bits per heavy atom. The Kier molecular flexibility index (Phi) is 6.70. The molecular formula is C42H33NS2Si. The highest BCUT2D eigenvalue weighted by Crippen LogP contribution is 2.39. The molecule has 4 heterocycles. The molecule has 8 aromatic rings. The van der Waals surface area contributed by atoms with Crippen molar-refractivity contribution in [2.45, 2.75) is 26.2 Å². The van der Waals surface area contributed by atoms with Crippen molar-refractivity contribution < 1.29 is 0 Å². The molecule has 9 rings (SSSR count). The SMILES string of the molecule is Cc1cc2c(s1)CCCc1ccc(-c3ccc4sc5ccc([Si](c6ccccc6)(c6ccccc6)c6ccccc6)cc5c4c3)n1-2. The first-order valence-electron chi connectivity index (χ1n) is 16.1. The monoisotopic (exact) mass is 643 g/mol. The van der Waals surface area contributed by atoms with Crippen molar-refractivity contribution in [3.8, 4) is 16.9 Å². The van der Waals surface area contributed by atoms with E-state index < -0.39 is 8.07 Å². The smallest absolute Gasteiger partial charge is 0.179 e. The van der Waals surface area contributed by atoms with Gasteiger partial charge in [-0.2, -0.15) is 0 Å². The fraction of sp³-hybridized carbons (Fsp3) is 0.0952. The van der Waals surface area contributed by atoms with Crippen LogP contribution in [0.2, 0.25) is 0 Å². The summed E-state index contributed by atoms with van der Waals surface area (Å²) in [5, 5.41) is 8.35. The Balaban J connectivity index is 1.29. The van der Waals surface area contributed by atoms with E-state index in [1.54, 1.807) is 0 Å². The van der Waals surface area contributed by atoms with E-state index in [2.05, 4.69) is 157 Å². The molecule has 0 saturated carbocycles. The van der Waals surface area contributed by atoms with Gasteiger partial charge in [-0.25, -0.2) is 0 Å². The van der Waals surface area contributed by atoms with Crippen LogP contribution in [0.25, 0.3) is 37.1 Å². The van der Waals surface area contributed by atoms with Crippen molar-refractivity contribution in [3.63, 3.8) is 0 Å². The summed E-state index contributed by atoms with van der Waals surface area (Å²) in [6.45, 7) is 2.24. The highest BCUT2D eigenvalue weighted by molar-refractivity contribution is 7.26. The lowest BCUT2D eigenvalue weighted by molar-refractivity contribution is 0.821. The number of thiophene rings is 2. The Hall–Kier alpha value is -4.48. The molecule has 46 heavy (non-hydrogen) atoms. The maximum Gasteiger partial charge on any atom is 0.179 e. The van der Waals surface area contributed by atoms with Gasteiger partial charge in [-0.15, -0.1) is 22.7 Å². The zero-order valence-electron chi connectivity index (χ0n) is 25.7. The Bertz CT molecular complexity index is 2250. The molecule has 0 bridgehead atoms. The number of aromatic nitrogens is 1. The van der Waals surface area contributed by atoms with Crippen LogP contribution in [0, 0.1) is 6.92 Å². The van der Waals surface area contributed by atoms with Gasteiger partial charge in [-0.1, -0.05) is 109 Å². The second kappa shape index (κ2) is 11.1. The van der Waals surface area contributed by atoms with Gasteiger partial charge in [-0.3, -0.25) is 0 Å². The van der Waals surface area contributed by atoms with Crippen molar-refractivity contribution in [2.24, 2.45) is 0 Å². The molecule has 1 aliphatic rings. The second-order valence-electron chi connectivity index (χ2n) is 12.4. The topological polar surface area (TPSA) is 4.93 Å². The molecule has 4 heteroatoms. The van der Waals surface area contributed by atoms with E-state index in [1.807, 2.05) is 22.7 Å². The lowest BCUT2D eigenvalue weighted by atomic mass is 10.1. The van der Waals surface area contributed by atoms with Crippen LogP contribution < -0.4 is 20.7 Å². The van der Waals surface area contributed by atoms with E-state index in [1.165, 1.54) is 86.2 Å². The first-order valence-corrected chi connectivity index (χ1v) is 19.8. The number of rotatable bonds is 5. The minimum Gasteiger partial charge on any atom is -0.312 e. The number of fused-ring (bicyclic) bond motifs is 6. The van der Waals surface area contributed by atoms with Gasteiger partial charge in [0.15, 0.2) is 8.07 Å². The summed E-state index contributed by atoms with van der Waals surface area (Å²) in [6, 6.07) is 55.3. The van der Waals surface area contributed by atoms with Crippen molar-refractivity contribution in [2.75, 3.05) is 0 Å². The normalized spacial score (nSPS) is 13.1. The molecule has 0 atom stereocenters. The molecular weight excluding hydrogens is 611 g/mol. The maximum absolute atomic E-state index is 2.61. The van der Waals surface area contributed by atoms with E-state index in [0.29, 0.717) is 0 Å². The zero-order chi connectivity index (χ0) is 30.7. The van der Waals surface area contributed by atoms with Crippen LogP contribution in [0.4, 0.5) is 0 Å². The van der Waals surface area contributed by atoms with Gasteiger partial charge >= 0.3 is 0 Å². The second-order valence-corrected chi connectivity index (χ2v) is 18.7. The number of benzene rings is 5. The third-order valence-electron chi connectivity index (χ3n) is 9.77. The van der Waals surface area contributed by atoms with E-state index >= 15 is 0 Å². The maximum atomic E-state index is 2.55. The van der Waals surface area contributed by atoms with Gasteiger partial charge in [0.1, 0.15) is 0 Å². The summed E-state index contributed by atoms with van der Waals surface area (Å²) in [4.78, 5) is 2.91. The van der Waals surface area contributed by atoms with Crippen molar-refractivity contribution in [1.29, 1.82) is 0 Å². The number of hydrogen-bond acceptors (Lipinski definition) is 2. The molecule has 0 amide bonds. The van der Waals surface area contributed by atoms with Crippen LogP contribution >= 0.6 is 22.7 Å². The van der Waals surface area contributed by atoms with Crippen LogP contribution in [0.3, 0.4) is 0 Å². The van der Waals surface area contributed by atoms with Gasteiger partial charge in [0, 0.05) is 35.6 Å². The van der Waals surface area contributed by atoms with E-state index in [4.69, 9.17) is 0 Å². The molecule has 0 spiro atoms. The van der Waals surface area contributed by atoms with Crippen molar-refractivity contribution in [3.05, 3.63) is 161 Å². The van der Waals surface area contributed by atoms with Gasteiger partial charge in [0.05, 0.1) is 11.4 Å². The summed E-state index contributed by atoms with van der Waals surface area (Å²) >= 11 is 3.87. The molecule has 0 fully saturated rings. The fourth-order valence-electron chi connectivity index (χ4n) is 7.77. The summed E-state index contributed by atoms with van der Waals surface area (Å²) in [5.41, 5.74) is 5.40. The van der Waals surface area contributed by atoms with Gasteiger partial charge in [0.2, 0.25) is 0 Å². The van der Waals surface area contributed by atoms with Crippen molar-refractivity contribution in [1.82, 2.24) is 4.57 Å². The summed E-state index contributed by atoms with van der Waals surface area (Å²) < 4.78 is 5.24. The number of hydrogen-bond donors (Lipinski definition) is 0. The number of nitrogens with zero attached hydrogens (tertiary/aromatic N) is 1. The first kappa shape index (κ1) is 27.8. The van der Waals surface area contributed by atoms with Crippen LogP contribution in [0.5, 0.6) is 0 Å². The predicted molar refractivity (Wildman–Crippen MR) is 202 cm³/mol. The highest BCUT2D eigenvalue weighted by Gasteiger charge is 2.41. The summed E-state index contributed by atoms with van der Waals surface area (Å²) in [6.07, 6.45) is 3.50. The summed E-state index contributed by atoms with van der Waals surface area (Å²) in [5.74, 6) is 0. The fourth-order valence-corrected chi connectivity index (χ4v) is 14.7. The molecule has 0 unspecified atom stereocenters. The molecule has 3 aromatic heterocycles. The lowest BCUT2D eigenvalue weighted by Gasteiger charge is -2.34. The molecule has 0 radical (unpaired) electrons. The molecule has 0 aliphatic carbocycles. The lowest BCUT2D eigenvalue weighted by Crippen LogP contribution is -2.74. The quantitative estimate of drug-likeness (QED) is 0.131. The van der Waals surface area contributed by atoms with Crippen LogP contribution in [0.1, 0.15) is 21.9 Å². The summed E-state index contributed by atoms with van der Waals surface area (Å²) in [7, 11) is -2.61. The largest absolute Gasteiger partial charge is 0.312 e. The van der Waals surface area contributed by atoms with Crippen LogP contribution in [0.15, 0.2) is 146 Å². The first-order chi connectivity index (χ1) is 22.7. The van der Waals surface area contributed by atoms with Gasteiger partial charge < -0.3 is 4.57 Å². The standard InChI is InChI=1S/C42H33NS2Si/c1-29-26-39-42(44-29)19-11-12-31-21-23-38(43(31)39)30-20-24-40-36(27-30)37-28-35(22-25-41(37)45-40)46(32-13-5-2-6-14-32,33-15-7-3-8-16-33)34-17-9-4-10-18-34/h2-10,13-18,20-28H,11-12,19H2,1H3. The van der Waals surface area contributed by atoms with Crippen LogP contribution in [-0.2, 0) is 12.8 Å². The molecule has 1 nitrogen and oxygen atoms in total. The van der Waals surface area contributed by atoms with Crippen molar-refractivity contribution >= 4 is 71.7 Å². The van der Waals surface area contributed by atoms with E-state index in [9.17, 15) is 0 Å². The molecule has 0 saturated heterocycles. The van der Waals surface area contributed by atoms with Gasteiger partial charge in [0.25, 0.3) is 0 Å². The highest BCUT2D eigenvalue weighted by atomic mass is 32.1. The van der Waals surface area contributed by atoms with Gasteiger partial charge in [-0.05, 0) is 88.9 Å². The van der Waals surface area contributed by atoms with E-state index in [-0.39, 0.29) is 0 Å². The van der Waals surface area contributed by atoms with Crippen LogP contribution in [-0.4, -0.2) is 12.6 Å². The Labute approximate surface area is 279 Å². The third kappa shape index (κ3) is 4.32. The predicted octanol–water partition coefficient (Wildman–Crippen LogP) is 8.75. The Morgan fingerprint density at radius 1 is 0.543 bits per heavy atom. The Morgan fingerprint density at radius 3 is 1.80 bits per heavy atom. The van der Waals surface area contributed by atoms with E-state index in [0.717, 1.165) is 6.42 Å². The minimum atomic E-state index is -2.61. The molecule has 0 N–H and O–H groups in total. The zero-order valence-corrected chi connectivity index (χ0v) is 28.4. The minimum absolute atomic E-state index is 1.12. The third-order valence-corrected chi connectivity index (χ3v) is 16.8. The molecule has 5 aromatic carbocycles. The average molecular weight is 644 g/mol. The molecule has 1 aliphatic heterocycles. The molecule has 222 valence electrons.